The largest absolute Gasteiger partial charge is 0.347 e. The zero-order valence-corrected chi connectivity index (χ0v) is 8.61. The van der Waals surface area contributed by atoms with E-state index in [0.717, 1.165) is 9.25 Å². The minimum Gasteiger partial charge on any atom is -0.329 e. The Labute approximate surface area is 82.1 Å². The van der Waals surface area contributed by atoms with Crippen LogP contribution >= 0.6 is 15.9 Å². The van der Waals surface area contributed by atoms with Gasteiger partial charge in [-0.05, 0) is 15.9 Å². The highest BCUT2D eigenvalue weighted by atomic mass is 79.9. The molecule has 0 aliphatic heterocycles. The lowest BCUT2D eigenvalue weighted by Crippen LogP contribution is -2.41. The number of aromatic nitrogens is 3. The number of halogens is 1. The monoisotopic (exact) mass is 248 g/mol. The van der Waals surface area contributed by atoms with Crippen molar-refractivity contribution in [3.63, 3.8) is 0 Å². The molecule has 0 amide bonds. The Hall–Kier alpha value is -0.950. The molecule has 0 radical (unpaired) electrons. The van der Waals surface area contributed by atoms with Crippen LogP contribution in [0.5, 0.6) is 0 Å². The van der Waals surface area contributed by atoms with Crippen molar-refractivity contribution in [3.8, 4) is 0 Å². The van der Waals surface area contributed by atoms with E-state index in [9.17, 15) is 9.59 Å². The first-order chi connectivity index (χ1) is 6.07. The molecule has 13 heavy (non-hydrogen) atoms. The maximum absolute atomic E-state index is 11.3. The quantitative estimate of drug-likeness (QED) is 0.703. The summed E-state index contributed by atoms with van der Waals surface area (Å²) in [6.07, 6.45) is 0. The molecule has 0 unspecified atom stereocenters. The van der Waals surface area contributed by atoms with Crippen molar-refractivity contribution < 1.29 is 0 Å². The SMILES string of the molecule is Cn1c(=O)c(Br)nn(CCN)c1=O. The fourth-order valence-electron chi connectivity index (χ4n) is 0.858. The molecule has 0 aliphatic rings. The highest BCUT2D eigenvalue weighted by molar-refractivity contribution is 9.10. The molecule has 0 fully saturated rings. The van der Waals surface area contributed by atoms with E-state index in [4.69, 9.17) is 5.73 Å². The van der Waals surface area contributed by atoms with Gasteiger partial charge in [0.15, 0.2) is 4.60 Å². The van der Waals surface area contributed by atoms with Crippen molar-refractivity contribution in [2.45, 2.75) is 6.54 Å². The second-order valence-corrected chi connectivity index (χ2v) is 3.20. The molecule has 0 aromatic carbocycles. The Kier molecular flexibility index (Phi) is 2.99. The average Bonchev–Trinajstić information content (AvgIpc) is 2.11. The molecule has 1 rings (SSSR count). The maximum Gasteiger partial charge on any atom is 0.347 e. The van der Waals surface area contributed by atoms with E-state index in [2.05, 4.69) is 21.0 Å². The van der Waals surface area contributed by atoms with E-state index < -0.39 is 11.2 Å². The number of hydrogen-bond donors (Lipinski definition) is 1. The second-order valence-electron chi connectivity index (χ2n) is 2.45. The Morgan fingerprint density at radius 2 is 2.15 bits per heavy atom. The van der Waals surface area contributed by atoms with Crippen molar-refractivity contribution in [1.29, 1.82) is 0 Å². The van der Waals surface area contributed by atoms with Gasteiger partial charge in [0.1, 0.15) is 0 Å². The number of hydrogen-bond acceptors (Lipinski definition) is 4. The third kappa shape index (κ3) is 1.86. The molecule has 1 heterocycles. The maximum atomic E-state index is 11.3. The third-order valence-corrected chi connectivity index (χ3v) is 2.04. The van der Waals surface area contributed by atoms with Gasteiger partial charge in [-0.2, -0.15) is 5.10 Å². The number of rotatable bonds is 2. The second kappa shape index (κ2) is 3.84. The van der Waals surface area contributed by atoms with Gasteiger partial charge in [-0.1, -0.05) is 0 Å². The fraction of sp³-hybridized carbons (Fsp3) is 0.500. The van der Waals surface area contributed by atoms with Crippen LogP contribution in [0.4, 0.5) is 0 Å². The molecule has 2 N–H and O–H groups in total. The first kappa shape index (κ1) is 10.1. The highest BCUT2D eigenvalue weighted by Gasteiger charge is 2.06. The van der Waals surface area contributed by atoms with E-state index in [1.165, 1.54) is 7.05 Å². The zero-order valence-electron chi connectivity index (χ0n) is 7.03. The summed E-state index contributed by atoms with van der Waals surface area (Å²) in [7, 11) is 1.39. The van der Waals surface area contributed by atoms with Crippen LogP contribution in [0.3, 0.4) is 0 Å². The summed E-state index contributed by atoms with van der Waals surface area (Å²) in [5.41, 5.74) is 4.36. The lowest BCUT2D eigenvalue weighted by molar-refractivity contribution is 0.520. The molecule has 0 bridgehead atoms. The summed E-state index contributed by atoms with van der Waals surface area (Å²) in [5, 5.41) is 3.73. The predicted molar refractivity (Wildman–Crippen MR) is 50.5 cm³/mol. The van der Waals surface area contributed by atoms with Crippen molar-refractivity contribution in [1.82, 2.24) is 14.3 Å². The van der Waals surface area contributed by atoms with Gasteiger partial charge in [0.05, 0.1) is 6.54 Å². The van der Waals surface area contributed by atoms with E-state index in [1.807, 2.05) is 0 Å². The zero-order chi connectivity index (χ0) is 10.0. The molecule has 1 aromatic heterocycles. The van der Waals surface area contributed by atoms with Crippen LogP contribution in [-0.4, -0.2) is 20.9 Å². The van der Waals surface area contributed by atoms with Gasteiger partial charge in [-0.25, -0.2) is 9.48 Å². The van der Waals surface area contributed by atoms with Gasteiger partial charge in [0.25, 0.3) is 5.56 Å². The highest BCUT2D eigenvalue weighted by Crippen LogP contribution is 1.92. The Morgan fingerprint density at radius 3 is 2.69 bits per heavy atom. The van der Waals surface area contributed by atoms with Crippen molar-refractivity contribution in [3.05, 3.63) is 25.4 Å². The first-order valence-electron chi connectivity index (χ1n) is 3.61. The van der Waals surface area contributed by atoms with Gasteiger partial charge in [-0.15, -0.1) is 0 Å². The number of nitrogens with zero attached hydrogens (tertiary/aromatic N) is 3. The fourth-order valence-corrected chi connectivity index (χ4v) is 1.32. The Morgan fingerprint density at radius 1 is 1.54 bits per heavy atom. The van der Waals surface area contributed by atoms with E-state index in [0.29, 0.717) is 13.1 Å². The van der Waals surface area contributed by atoms with Crippen molar-refractivity contribution >= 4 is 15.9 Å². The minimum atomic E-state index is -0.460. The summed E-state index contributed by atoms with van der Waals surface area (Å²) in [4.78, 5) is 22.5. The van der Waals surface area contributed by atoms with E-state index in [1.54, 1.807) is 0 Å². The molecule has 0 aliphatic carbocycles. The van der Waals surface area contributed by atoms with Crippen LogP contribution in [0.1, 0.15) is 0 Å². The van der Waals surface area contributed by atoms with Gasteiger partial charge in [0, 0.05) is 13.6 Å². The molecule has 1 aromatic rings. The molecule has 0 atom stereocenters. The normalized spacial score (nSPS) is 10.4. The van der Waals surface area contributed by atoms with Crippen LogP contribution in [0, 0.1) is 0 Å². The molecule has 0 spiro atoms. The van der Waals surface area contributed by atoms with Crippen LogP contribution < -0.4 is 17.0 Å². The van der Waals surface area contributed by atoms with Crippen LogP contribution in [0.25, 0.3) is 0 Å². The minimum absolute atomic E-state index is 0.114. The standard InChI is InChI=1S/C6H9BrN4O2/c1-10-5(12)4(7)9-11(3-2-8)6(10)13/h2-3,8H2,1H3. The summed E-state index contributed by atoms with van der Waals surface area (Å²) < 4.78 is 2.24. The van der Waals surface area contributed by atoms with Crippen LogP contribution in [-0.2, 0) is 13.6 Å². The molecular formula is C6H9BrN4O2. The smallest absolute Gasteiger partial charge is 0.329 e. The van der Waals surface area contributed by atoms with Gasteiger partial charge in [-0.3, -0.25) is 9.36 Å². The van der Waals surface area contributed by atoms with Crippen LogP contribution in [0.2, 0.25) is 0 Å². The molecule has 6 nitrogen and oxygen atoms in total. The van der Waals surface area contributed by atoms with Crippen molar-refractivity contribution in [2.24, 2.45) is 12.8 Å². The predicted octanol–water partition coefficient (Wildman–Crippen LogP) is -1.34. The van der Waals surface area contributed by atoms with E-state index >= 15 is 0 Å². The Balaban J connectivity index is 3.42. The van der Waals surface area contributed by atoms with Gasteiger partial charge >= 0.3 is 5.69 Å². The van der Waals surface area contributed by atoms with Gasteiger partial charge < -0.3 is 5.73 Å². The lowest BCUT2D eigenvalue weighted by atomic mass is 10.6. The van der Waals surface area contributed by atoms with Crippen molar-refractivity contribution in [2.75, 3.05) is 6.54 Å². The lowest BCUT2D eigenvalue weighted by Gasteiger charge is -2.04. The molecule has 0 saturated heterocycles. The number of nitrogens with two attached hydrogens (primary N) is 1. The summed E-state index contributed by atoms with van der Waals surface area (Å²) >= 11 is 2.96. The topological polar surface area (TPSA) is 82.9 Å². The van der Waals surface area contributed by atoms with Crippen LogP contribution in [0.15, 0.2) is 14.2 Å². The first-order valence-corrected chi connectivity index (χ1v) is 4.41. The molecule has 0 saturated carbocycles. The molecular weight excluding hydrogens is 240 g/mol. The summed E-state index contributed by atoms with van der Waals surface area (Å²) in [6, 6.07) is 0. The summed E-state index contributed by atoms with van der Waals surface area (Å²) in [6.45, 7) is 0.600. The molecule has 7 heteroatoms. The summed E-state index contributed by atoms with van der Waals surface area (Å²) in [5.74, 6) is 0. The van der Waals surface area contributed by atoms with Gasteiger partial charge in [0.2, 0.25) is 0 Å². The molecule has 72 valence electrons. The third-order valence-electron chi connectivity index (χ3n) is 1.54. The average molecular weight is 249 g/mol. The van der Waals surface area contributed by atoms with E-state index in [-0.39, 0.29) is 4.60 Å². The Bertz CT molecular complexity index is 422.